The third-order valence-electron chi connectivity index (χ3n) is 16.7. The van der Waals surface area contributed by atoms with Crippen LogP contribution in [0.15, 0.2) is 64.7 Å². The third-order valence-corrected chi connectivity index (χ3v) is 16.7. The maximum absolute atomic E-state index is 13.7. The standard InChI is InChI=1S/C64H111N3O17/c1-12-22-47(13-2)39-81-58(76)37-59(77)82-50-32-48(68)31-49(69)33-53(71)40(3)24-20-26-44(7)60(43(6)23-18-16-14-15-17-19-30-67-63(65-10)66-11)83-62(79)45(8)27-21-25-41(4)54(72)36-55(73)46(9)52(70)29-28-42(5)57(75)38-64(80)61(78)56(74)35-51(34-50)84-64/h14-15,20-21,24-27,41-44,46-57,60-61,68-75,78,80H,12-13,16-19,22-23,28-39H2,1-11H3,(H2,65,66,67)/b15-14+,25-21+,26-20+,40-24+,45-27+. The number of aliphatic hydroxyl groups excluding tert-OH is 9. The summed E-state index contributed by atoms with van der Waals surface area (Å²) in [5, 5.41) is 119. The quantitative estimate of drug-likeness (QED) is 0.0153. The van der Waals surface area contributed by atoms with E-state index in [1.165, 1.54) is 0 Å². The number of fused-ring (bicyclic) bond motifs is 2. The molecular weight excluding hydrogens is 1080 g/mol. The number of ether oxygens (including phenoxy) is 4. The molecule has 1 fully saturated rings. The van der Waals surface area contributed by atoms with Crippen molar-refractivity contribution >= 4 is 23.9 Å². The molecule has 1 saturated heterocycles. The lowest BCUT2D eigenvalue weighted by Crippen LogP contribution is -2.60. The van der Waals surface area contributed by atoms with Crippen LogP contribution in [-0.4, -0.2) is 181 Å². The number of guanidine groups is 1. The van der Waals surface area contributed by atoms with E-state index in [9.17, 15) is 65.4 Å². The summed E-state index contributed by atoms with van der Waals surface area (Å²) in [6.45, 7) is 17.3. The Morgan fingerprint density at radius 3 is 2.10 bits per heavy atom. The number of hydrogen-bond acceptors (Lipinski definition) is 18. The average Bonchev–Trinajstić information content (AvgIpc) is 1.69. The number of aliphatic imine (C=N–C) groups is 1. The van der Waals surface area contributed by atoms with E-state index < -0.39 is 128 Å². The number of nitrogens with one attached hydrogen (secondary N) is 2. The Labute approximate surface area is 501 Å². The van der Waals surface area contributed by atoms with Gasteiger partial charge in [0.2, 0.25) is 0 Å². The Bertz CT molecular complexity index is 2080. The molecule has 0 aromatic rings. The summed E-state index contributed by atoms with van der Waals surface area (Å²) in [4.78, 5) is 44.0. The Morgan fingerprint density at radius 2 is 1.44 bits per heavy atom. The second-order valence-corrected chi connectivity index (χ2v) is 24.1. The van der Waals surface area contributed by atoms with Crippen molar-refractivity contribution in [2.24, 2.45) is 40.5 Å². The molecule has 2 aliphatic rings. The van der Waals surface area contributed by atoms with Gasteiger partial charge in [0.05, 0.1) is 61.5 Å². The molecule has 19 unspecified atom stereocenters. The zero-order valence-electron chi connectivity index (χ0n) is 52.4. The first-order valence-electron chi connectivity index (χ1n) is 31.0. The van der Waals surface area contributed by atoms with Crippen molar-refractivity contribution in [3.8, 4) is 0 Å². The number of carbonyl (C=O) groups excluding carboxylic acids is 3. The van der Waals surface area contributed by atoms with Gasteiger partial charge in [-0.2, -0.15) is 0 Å². The van der Waals surface area contributed by atoms with Crippen LogP contribution >= 0.6 is 0 Å². The topological polar surface area (TPSA) is 327 Å². The first-order chi connectivity index (χ1) is 39.7. The third kappa shape index (κ3) is 28.6. The van der Waals surface area contributed by atoms with Gasteiger partial charge in [0.1, 0.15) is 24.7 Å². The van der Waals surface area contributed by atoms with Crippen molar-refractivity contribution in [3.63, 3.8) is 0 Å². The SMILES string of the molecule is CCCC(CC)COC(=O)CC(=O)OC1CC(O)CC(O)CC(O)/C(C)=C/C=C/C(C)C(C(C)CCC/C=C/CCCNC(=NC)NC)OC(=O)/C(C)=C/C=C/C(C)C(O)CC(O)C(C)C(O)CCC(C)C(O)CC2(O)OC(C1)CC(O)C2O. The molecule has 20 heteroatoms. The summed E-state index contributed by atoms with van der Waals surface area (Å²) in [6.07, 6.45) is 4.53. The van der Waals surface area contributed by atoms with Crippen molar-refractivity contribution in [2.45, 2.75) is 257 Å². The van der Waals surface area contributed by atoms with E-state index in [-0.39, 0.29) is 75.7 Å². The molecule has 2 bridgehead atoms. The lowest BCUT2D eigenvalue weighted by atomic mass is 9.84. The van der Waals surface area contributed by atoms with Crippen LogP contribution in [0.2, 0.25) is 0 Å². The van der Waals surface area contributed by atoms with E-state index in [2.05, 4.69) is 27.8 Å². The largest absolute Gasteiger partial charge is 0.465 e. The number of rotatable bonds is 17. The van der Waals surface area contributed by atoms with Crippen molar-refractivity contribution in [1.29, 1.82) is 0 Å². The van der Waals surface area contributed by atoms with Crippen molar-refractivity contribution < 1.29 is 84.4 Å². The van der Waals surface area contributed by atoms with Gasteiger partial charge in [-0.1, -0.05) is 110 Å². The van der Waals surface area contributed by atoms with E-state index >= 15 is 0 Å². The van der Waals surface area contributed by atoms with Crippen LogP contribution in [-0.2, 0) is 33.3 Å². The minimum Gasteiger partial charge on any atom is -0.465 e. The molecule has 0 aromatic heterocycles. The van der Waals surface area contributed by atoms with Crippen molar-refractivity contribution in [3.05, 3.63) is 59.8 Å². The van der Waals surface area contributed by atoms with E-state index in [1.807, 2.05) is 40.8 Å². The van der Waals surface area contributed by atoms with Gasteiger partial charge in [0, 0.05) is 82.5 Å². The zero-order valence-corrected chi connectivity index (χ0v) is 52.4. The monoisotopic (exact) mass is 1190 g/mol. The molecule has 0 spiro atoms. The normalized spacial score (nSPS) is 35.8. The fourth-order valence-electron chi connectivity index (χ4n) is 10.7. The maximum Gasteiger partial charge on any atom is 0.334 e. The summed E-state index contributed by atoms with van der Waals surface area (Å²) >= 11 is 0. The molecule has 0 amide bonds. The second-order valence-electron chi connectivity index (χ2n) is 24.1. The predicted molar refractivity (Wildman–Crippen MR) is 324 cm³/mol. The number of esters is 3. The summed E-state index contributed by atoms with van der Waals surface area (Å²) < 4.78 is 23.4. The highest BCUT2D eigenvalue weighted by atomic mass is 16.7. The summed E-state index contributed by atoms with van der Waals surface area (Å²) in [7, 11) is 3.54. The highest BCUT2D eigenvalue weighted by Crippen LogP contribution is 2.36. The fourth-order valence-corrected chi connectivity index (χ4v) is 10.7. The molecule has 19 atom stereocenters. The van der Waals surface area contributed by atoms with Crippen molar-refractivity contribution in [2.75, 3.05) is 27.2 Å². The fraction of sp³-hybridized carbons (Fsp3) is 0.781. The summed E-state index contributed by atoms with van der Waals surface area (Å²) in [5.41, 5.74) is 0.832. The van der Waals surface area contributed by atoms with Crippen LogP contribution in [0, 0.1) is 35.5 Å². The zero-order chi connectivity index (χ0) is 63.1. The molecule has 0 radical (unpaired) electrons. The van der Waals surface area contributed by atoms with E-state index in [1.54, 1.807) is 72.0 Å². The smallest absolute Gasteiger partial charge is 0.334 e. The molecule has 0 saturated carbocycles. The highest BCUT2D eigenvalue weighted by molar-refractivity contribution is 5.91. The molecule has 84 heavy (non-hydrogen) atoms. The van der Waals surface area contributed by atoms with E-state index in [0.717, 1.165) is 63.9 Å². The van der Waals surface area contributed by atoms with Gasteiger partial charge in [-0.25, -0.2) is 4.79 Å². The molecule has 2 rings (SSSR count). The summed E-state index contributed by atoms with van der Waals surface area (Å²) in [5.74, 6) is -6.05. The Kier molecular flexibility index (Phi) is 36.6. The number of carbonyl (C=O) groups is 3. The first-order valence-corrected chi connectivity index (χ1v) is 31.0. The van der Waals surface area contributed by atoms with Crippen LogP contribution in [0.4, 0.5) is 0 Å². The van der Waals surface area contributed by atoms with Gasteiger partial charge >= 0.3 is 17.9 Å². The molecule has 484 valence electrons. The van der Waals surface area contributed by atoms with Crippen molar-refractivity contribution in [1.82, 2.24) is 10.6 Å². The van der Waals surface area contributed by atoms with Gasteiger partial charge in [0.25, 0.3) is 0 Å². The minimum atomic E-state index is -2.51. The Hall–Kier alpha value is -4.06. The lowest BCUT2D eigenvalue weighted by Gasteiger charge is -2.45. The van der Waals surface area contributed by atoms with Gasteiger partial charge in [-0.3, -0.25) is 14.6 Å². The molecule has 0 aliphatic carbocycles. The number of nitrogens with zero attached hydrogens (tertiary/aromatic N) is 1. The van der Waals surface area contributed by atoms with Gasteiger partial charge in [0.15, 0.2) is 11.7 Å². The summed E-state index contributed by atoms with van der Waals surface area (Å²) in [6, 6.07) is 0. The number of allylic oxidation sites excluding steroid dienone is 6. The molecule has 2 heterocycles. The maximum atomic E-state index is 13.7. The predicted octanol–water partition coefficient (Wildman–Crippen LogP) is 5.92. The number of hydrogen-bond donors (Lipinski definition) is 12. The highest BCUT2D eigenvalue weighted by Gasteiger charge is 2.50. The first kappa shape index (κ1) is 76.0. The van der Waals surface area contributed by atoms with Crippen LogP contribution in [0.3, 0.4) is 0 Å². The second kappa shape index (κ2) is 40.4. The Morgan fingerprint density at radius 1 is 0.786 bits per heavy atom. The average molecular weight is 1190 g/mol. The van der Waals surface area contributed by atoms with Gasteiger partial charge in [-0.15, -0.1) is 0 Å². The molecular formula is C64H111N3O17. The number of unbranched alkanes of at least 4 members (excludes halogenated alkanes) is 2. The van der Waals surface area contributed by atoms with E-state index in [4.69, 9.17) is 18.9 Å². The van der Waals surface area contributed by atoms with E-state index in [0.29, 0.717) is 11.1 Å². The van der Waals surface area contributed by atoms with Gasteiger partial charge in [-0.05, 0) is 95.0 Å². The number of aliphatic hydroxyl groups is 10. The molecule has 0 aromatic carbocycles. The lowest BCUT2D eigenvalue weighted by molar-refractivity contribution is -0.333. The molecule has 2 aliphatic heterocycles. The molecule has 12 N–H and O–H groups in total. The molecule has 20 nitrogen and oxygen atoms in total. The van der Waals surface area contributed by atoms with Crippen LogP contribution in [0.25, 0.3) is 0 Å². The Balaban J connectivity index is 2.47. The van der Waals surface area contributed by atoms with Crippen LogP contribution in [0.1, 0.15) is 178 Å². The van der Waals surface area contributed by atoms with Crippen LogP contribution < -0.4 is 10.6 Å². The van der Waals surface area contributed by atoms with Crippen LogP contribution in [0.5, 0.6) is 0 Å². The minimum absolute atomic E-state index is 0.0547. The number of cyclic esters (lactones) is 1. The van der Waals surface area contributed by atoms with Gasteiger partial charge < -0.3 is 80.6 Å².